The highest BCUT2D eigenvalue weighted by molar-refractivity contribution is 7.10. The zero-order valence-corrected chi connectivity index (χ0v) is 14.4. The summed E-state index contributed by atoms with van der Waals surface area (Å²) in [6, 6.07) is 3.91. The van der Waals surface area contributed by atoms with Crippen LogP contribution in [0, 0.1) is 0 Å². The molecule has 2 heterocycles. The Morgan fingerprint density at radius 3 is 2.50 bits per heavy atom. The second-order valence-electron chi connectivity index (χ2n) is 6.66. The summed E-state index contributed by atoms with van der Waals surface area (Å²) in [5.41, 5.74) is -0.238. The Labute approximate surface area is 136 Å². The minimum Gasteiger partial charge on any atom is -0.341 e. The molecule has 1 fully saturated rings. The molecule has 0 aromatic carbocycles. The molecule has 0 aliphatic carbocycles. The van der Waals surface area contributed by atoms with E-state index in [2.05, 4.69) is 5.32 Å². The molecule has 1 aromatic heterocycles. The predicted molar refractivity (Wildman–Crippen MR) is 89.1 cm³/mol. The summed E-state index contributed by atoms with van der Waals surface area (Å²) in [7, 11) is 0. The van der Waals surface area contributed by atoms with Gasteiger partial charge in [-0.25, -0.2) is 4.79 Å². The van der Waals surface area contributed by atoms with E-state index in [4.69, 9.17) is 0 Å². The Morgan fingerprint density at radius 2 is 1.86 bits per heavy atom. The van der Waals surface area contributed by atoms with Crippen LogP contribution in [0.3, 0.4) is 0 Å². The third-order valence-corrected chi connectivity index (χ3v) is 4.40. The maximum Gasteiger partial charge on any atom is 0.317 e. The molecular formula is C16H25N3O2S. The van der Waals surface area contributed by atoms with Crippen LogP contribution in [-0.4, -0.2) is 53.5 Å². The van der Waals surface area contributed by atoms with Gasteiger partial charge in [0.2, 0.25) is 5.91 Å². The molecule has 6 heteroatoms. The van der Waals surface area contributed by atoms with Crippen molar-refractivity contribution in [3.63, 3.8) is 0 Å². The number of thiophene rings is 1. The van der Waals surface area contributed by atoms with E-state index >= 15 is 0 Å². The first-order valence-corrected chi connectivity index (χ1v) is 8.60. The fraction of sp³-hybridized carbons (Fsp3) is 0.625. The Balaban J connectivity index is 1.86. The van der Waals surface area contributed by atoms with Crippen LogP contribution in [0.2, 0.25) is 0 Å². The summed E-state index contributed by atoms with van der Waals surface area (Å²) in [6.45, 7) is 8.55. The number of amides is 3. The standard InChI is InChI=1S/C16H25N3O2S/c1-16(2,3)17-15(21)19-8-5-7-18(9-10-19)14(20)12-13-6-4-11-22-13/h4,6,11H,5,7-10,12H2,1-3H3,(H,17,21). The van der Waals surface area contributed by atoms with Crippen LogP contribution in [0.1, 0.15) is 32.1 Å². The summed E-state index contributed by atoms with van der Waals surface area (Å²) in [5, 5.41) is 4.97. The molecule has 2 rings (SSSR count). The Hall–Kier alpha value is -1.56. The van der Waals surface area contributed by atoms with Crippen molar-refractivity contribution >= 4 is 23.3 Å². The lowest BCUT2D eigenvalue weighted by molar-refractivity contribution is -0.130. The lowest BCUT2D eigenvalue weighted by atomic mass is 10.1. The minimum atomic E-state index is -0.238. The zero-order valence-electron chi connectivity index (χ0n) is 13.6. The topological polar surface area (TPSA) is 52.7 Å². The SMILES string of the molecule is CC(C)(C)NC(=O)N1CCCN(C(=O)Cc2cccs2)CC1. The summed E-state index contributed by atoms with van der Waals surface area (Å²) < 4.78 is 0. The molecule has 0 unspecified atom stereocenters. The summed E-state index contributed by atoms with van der Waals surface area (Å²) in [4.78, 5) is 29.3. The van der Waals surface area contributed by atoms with Crippen LogP contribution in [0.4, 0.5) is 4.79 Å². The number of carbonyl (C=O) groups excluding carboxylic acids is 2. The fourth-order valence-corrected chi connectivity index (χ4v) is 3.14. The molecule has 122 valence electrons. The zero-order chi connectivity index (χ0) is 16.2. The van der Waals surface area contributed by atoms with Gasteiger partial charge in [0, 0.05) is 36.6 Å². The van der Waals surface area contributed by atoms with Crippen LogP contribution in [0.25, 0.3) is 0 Å². The van der Waals surface area contributed by atoms with E-state index in [9.17, 15) is 9.59 Å². The lowest BCUT2D eigenvalue weighted by Gasteiger charge is -2.27. The van der Waals surface area contributed by atoms with Crippen LogP contribution in [-0.2, 0) is 11.2 Å². The number of nitrogens with zero attached hydrogens (tertiary/aromatic N) is 2. The van der Waals surface area contributed by atoms with E-state index in [0.717, 1.165) is 17.8 Å². The molecule has 1 aromatic rings. The summed E-state index contributed by atoms with van der Waals surface area (Å²) in [6.07, 6.45) is 1.29. The third kappa shape index (κ3) is 5.02. The fourth-order valence-electron chi connectivity index (χ4n) is 2.44. The number of rotatable bonds is 2. The van der Waals surface area contributed by atoms with Gasteiger partial charge >= 0.3 is 6.03 Å². The molecule has 5 nitrogen and oxygen atoms in total. The highest BCUT2D eigenvalue weighted by Gasteiger charge is 2.24. The van der Waals surface area contributed by atoms with Crippen LogP contribution in [0.15, 0.2) is 17.5 Å². The van der Waals surface area contributed by atoms with Gasteiger partial charge < -0.3 is 15.1 Å². The van der Waals surface area contributed by atoms with Crippen molar-refractivity contribution in [1.82, 2.24) is 15.1 Å². The van der Waals surface area contributed by atoms with Crippen molar-refractivity contribution in [2.45, 2.75) is 39.2 Å². The largest absolute Gasteiger partial charge is 0.341 e. The molecule has 3 amide bonds. The summed E-state index contributed by atoms with van der Waals surface area (Å²) >= 11 is 1.61. The van der Waals surface area contributed by atoms with Gasteiger partial charge in [-0.3, -0.25) is 4.79 Å². The predicted octanol–water partition coefficient (Wildman–Crippen LogP) is 2.33. The monoisotopic (exact) mass is 323 g/mol. The lowest BCUT2D eigenvalue weighted by Crippen LogP contribution is -2.49. The third-order valence-electron chi connectivity index (χ3n) is 3.52. The van der Waals surface area contributed by atoms with E-state index in [-0.39, 0.29) is 17.5 Å². The molecule has 0 bridgehead atoms. The van der Waals surface area contributed by atoms with Crippen molar-refractivity contribution in [3.05, 3.63) is 22.4 Å². The molecule has 0 spiro atoms. The normalized spacial score (nSPS) is 16.3. The molecule has 1 saturated heterocycles. The Bertz CT molecular complexity index is 508. The minimum absolute atomic E-state index is 0.0416. The number of nitrogens with one attached hydrogen (secondary N) is 1. The van der Waals surface area contributed by atoms with Gasteiger partial charge in [0.1, 0.15) is 0 Å². The van der Waals surface area contributed by atoms with Crippen LogP contribution >= 0.6 is 11.3 Å². The summed E-state index contributed by atoms with van der Waals surface area (Å²) in [5.74, 6) is 0.153. The molecular weight excluding hydrogens is 298 g/mol. The molecule has 0 radical (unpaired) electrons. The molecule has 0 atom stereocenters. The van der Waals surface area contributed by atoms with Crippen molar-refractivity contribution in [2.24, 2.45) is 0 Å². The van der Waals surface area contributed by atoms with Gasteiger partial charge in [-0.05, 0) is 38.6 Å². The molecule has 0 saturated carbocycles. The first-order valence-electron chi connectivity index (χ1n) is 7.72. The number of carbonyl (C=O) groups is 2. The smallest absolute Gasteiger partial charge is 0.317 e. The van der Waals surface area contributed by atoms with Crippen LogP contribution in [0.5, 0.6) is 0 Å². The Morgan fingerprint density at radius 1 is 1.18 bits per heavy atom. The van der Waals surface area contributed by atoms with E-state index in [1.807, 2.05) is 48.1 Å². The number of hydrogen-bond acceptors (Lipinski definition) is 3. The first-order chi connectivity index (χ1) is 10.3. The van der Waals surface area contributed by atoms with Crippen molar-refractivity contribution in [3.8, 4) is 0 Å². The van der Waals surface area contributed by atoms with E-state index in [1.54, 1.807) is 11.3 Å². The highest BCUT2D eigenvalue weighted by Crippen LogP contribution is 2.12. The molecule has 1 N–H and O–H groups in total. The van der Waals surface area contributed by atoms with E-state index in [1.165, 1.54) is 0 Å². The van der Waals surface area contributed by atoms with Crippen molar-refractivity contribution < 1.29 is 9.59 Å². The number of hydrogen-bond donors (Lipinski definition) is 1. The van der Waals surface area contributed by atoms with Crippen molar-refractivity contribution in [2.75, 3.05) is 26.2 Å². The highest BCUT2D eigenvalue weighted by atomic mass is 32.1. The van der Waals surface area contributed by atoms with Crippen LogP contribution < -0.4 is 5.32 Å². The maximum atomic E-state index is 12.3. The van der Waals surface area contributed by atoms with Gasteiger partial charge in [-0.1, -0.05) is 6.07 Å². The van der Waals surface area contributed by atoms with Gasteiger partial charge in [-0.15, -0.1) is 11.3 Å². The van der Waals surface area contributed by atoms with Gasteiger partial charge in [0.15, 0.2) is 0 Å². The molecule has 1 aliphatic rings. The van der Waals surface area contributed by atoms with E-state index < -0.39 is 0 Å². The average Bonchev–Trinajstić information content (AvgIpc) is 2.78. The second kappa shape index (κ2) is 7.13. The average molecular weight is 323 g/mol. The second-order valence-corrected chi connectivity index (χ2v) is 7.69. The van der Waals surface area contributed by atoms with E-state index in [0.29, 0.717) is 26.1 Å². The molecule has 1 aliphatic heterocycles. The molecule has 22 heavy (non-hydrogen) atoms. The van der Waals surface area contributed by atoms with Gasteiger partial charge in [0.25, 0.3) is 0 Å². The first kappa shape index (κ1) is 16.8. The van der Waals surface area contributed by atoms with Gasteiger partial charge in [-0.2, -0.15) is 0 Å². The van der Waals surface area contributed by atoms with Crippen molar-refractivity contribution in [1.29, 1.82) is 0 Å². The quantitative estimate of drug-likeness (QED) is 0.908. The Kier molecular flexibility index (Phi) is 5.45. The van der Waals surface area contributed by atoms with Gasteiger partial charge in [0.05, 0.1) is 6.42 Å². The maximum absolute atomic E-state index is 12.3. The number of urea groups is 1.